The van der Waals surface area contributed by atoms with Gasteiger partial charge in [-0.15, -0.1) is 0 Å². The van der Waals surface area contributed by atoms with Crippen molar-refractivity contribution in [2.24, 2.45) is 0 Å². The van der Waals surface area contributed by atoms with Gasteiger partial charge < -0.3 is 9.47 Å². The second kappa shape index (κ2) is 9.21. The summed E-state index contributed by atoms with van der Waals surface area (Å²) in [6.07, 6.45) is 3.00. The second-order valence-electron chi connectivity index (χ2n) is 6.74. The molecule has 1 saturated heterocycles. The molecule has 1 heterocycles. The topological polar surface area (TPSA) is 55.8 Å². The average Bonchev–Trinajstić information content (AvgIpc) is 3.06. The molecule has 1 atom stereocenters. The zero-order chi connectivity index (χ0) is 19.1. The van der Waals surface area contributed by atoms with Crippen molar-refractivity contribution in [3.05, 3.63) is 65.7 Å². The molecule has 0 aliphatic carbocycles. The van der Waals surface area contributed by atoms with Crippen molar-refractivity contribution in [1.82, 2.24) is 4.90 Å². The van der Waals surface area contributed by atoms with Gasteiger partial charge in [0.15, 0.2) is 0 Å². The SMILES string of the molecule is COc1ccc(CCCCC(=O)N2C(=O)OC[C@H]2Cc2ccccc2)cc1. The van der Waals surface area contributed by atoms with Crippen LogP contribution in [0.2, 0.25) is 0 Å². The Balaban J connectivity index is 1.47. The fraction of sp³-hybridized carbons (Fsp3) is 0.364. The van der Waals surface area contributed by atoms with E-state index in [1.807, 2.05) is 54.6 Å². The fourth-order valence-corrected chi connectivity index (χ4v) is 3.32. The largest absolute Gasteiger partial charge is 0.497 e. The summed E-state index contributed by atoms with van der Waals surface area (Å²) >= 11 is 0. The Morgan fingerprint density at radius 1 is 1.07 bits per heavy atom. The number of carbonyl (C=O) groups is 2. The van der Waals surface area contributed by atoms with E-state index in [-0.39, 0.29) is 18.6 Å². The van der Waals surface area contributed by atoms with Crippen LogP contribution in [0.1, 0.15) is 30.4 Å². The number of cyclic esters (lactones) is 1. The molecular formula is C22H25NO4. The molecule has 1 aliphatic rings. The molecular weight excluding hydrogens is 342 g/mol. The average molecular weight is 367 g/mol. The Morgan fingerprint density at radius 3 is 2.52 bits per heavy atom. The van der Waals surface area contributed by atoms with Gasteiger partial charge in [-0.3, -0.25) is 4.79 Å². The van der Waals surface area contributed by atoms with Gasteiger partial charge in [0, 0.05) is 6.42 Å². The first-order valence-corrected chi connectivity index (χ1v) is 9.33. The molecule has 0 unspecified atom stereocenters. The number of ether oxygens (including phenoxy) is 2. The molecule has 0 aromatic heterocycles. The molecule has 1 fully saturated rings. The number of hydrogen-bond acceptors (Lipinski definition) is 4. The number of methoxy groups -OCH3 is 1. The van der Waals surface area contributed by atoms with Crippen molar-refractivity contribution in [2.75, 3.05) is 13.7 Å². The van der Waals surface area contributed by atoms with Crippen LogP contribution in [0.3, 0.4) is 0 Å². The number of nitrogens with zero attached hydrogens (tertiary/aromatic N) is 1. The molecule has 2 aromatic carbocycles. The summed E-state index contributed by atoms with van der Waals surface area (Å²) < 4.78 is 10.3. The predicted molar refractivity (Wildman–Crippen MR) is 103 cm³/mol. The van der Waals surface area contributed by atoms with Crippen LogP contribution >= 0.6 is 0 Å². The molecule has 0 N–H and O–H groups in total. The van der Waals surface area contributed by atoms with Gasteiger partial charge in [-0.25, -0.2) is 9.69 Å². The predicted octanol–water partition coefficient (Wildman–Crippen LogP) is 4.00. The molecule has 5 heteroatoms. The molecule has 27 heavy (non-hydrogen) atoms. The highest BCUT2D eigenvalue weighted by atomic mass is 16.6. The quantitative estimate of drug-likeness (QED) is 0.662. The number of benzene rings is 2. The van der Waals surface area contributed by atoms with Crippen molar-refractivity contribution >= 4 is 12.0 Å². The number of rotatable bonds is 8. The normalized spacial score (nSPS) is 16.3. The second-order valence-corrected chi connectivity index (χ2v) is 6.74. The summed E-state index contributed by atoms with van der Waals surface area (Å²) in [6.45, 7) is 0.269. The van der Waals surface area contributed by atoms with E-state index in [4.69, 9.17) is 9.47 Å². The Kier molecular flexibility index (Phi) is 6.47. The third-order valence-electron chi connectivity index (χ3n) is 4.81. The van der Waals surface area contributed by atoms with Crippen molar-refractivity contribution in [3.8, 4) is 5.75 Å². The summed E-state index contributed by atoms with van der Waals surface area (Å²) in [6, 6.07) is 17.6. The lowest BCUT2D eigenvalue weighted by molar-refractivity contribution is -0.129. The number of aryl methyl sites for hydroxylation is 1. The van der Waals surface area contributed by atoms with Gasteiger partial charge in [0.2, 0.25) is 5.91 Å². The van der Waals surface area contributed by atoms with E-state index in [1.165, 1.54) is 10.5 Å². The van der Waals surface area contributed by atoms with Gasteiger partial charge in [0.05, 0.1) is 13.2 Å². The third kappa shape index (κ3) is 5.09. The summed E-state index contributed by atoms with van der Waals surface area (Å²) in [5, 5.41) is 0. The number of hydrogen-bond donors (Lipinski definition) is 0. The number of imide groups is 1. The van der Waals surface area contributed by atoms with Gasteiger partial charge in [-0.05, 0) is 48.9 Å². The Labute approximate surface area is 159 Å². The number of unbranched alkanes of at least 4 members (excludes halogenated alkanes) is 1. The zero-order valence-corrected chi connectivity index (χ0v) is 15.6. The summed E-state index contributed by atoms with van der Waals surface area (Å²) in [5.74, 6) is 0.694. The monoisotopic (exact) mass is 367 g/mol. The molecule has 1 aliphatic heterocycles. The first-order chi connectivity index (χ1) is 13.2. The molecule has 5 nitrogen and oxygen atoms in total. The number of amides is 2. The molecule has 142 valence electrons. The summed E-state index contributed by atoms with van der Waals surface area (Å²) in [7, 11) is 1.65. The maximum absolute atomic E-state index is 12.6. The third-order valence-corrected chi connectivity index (χ3v) is 4.81. The van der Waals surface area contributed by atoms with Gasteiger partial charge in [-0.1, -0.05) is 42.5 Å². The van der Waals surface area contributed by atoms with Crippen LogP contribution in [-0.4, -0.2) is 36.7 Å². The van der Waals surface area contributed by atoms with E-state index in [0.717, 1.165) is 30.6 Å². The molecule has 0 spiro atoms. The molecule has 0 radical (unpaired) electrons. The van der Waals surface area contributed by atoms with Crippen molar-refractivity contribution in [3.63, 3.8) is 0 Å². The minimum atomic E-state index is -0.518. The van der Waals surface area contributed by atoms with Gasteiger partial charge in [0.1, 0.15) is 12.4 Å². The van der Waals surface area contributed by atoms with Crippen LogP contribution < -0.4 is 4.74 Å². The highest BCUT2D eigenvalue weighted by Gasteiger charge is 2.37. The lowest BCUT2D eigenvalue weighted by Crippen LogP contribution is -2.40. The first kappa shape index (κ1) is 19.0. The van der Waals surface area contributed by atoms with E-state index in [2.05, 4.69) is 0 Å². The lowest BCUT2D eigenvalue weighted by Gasteiger charge is -2.19. The fourth-order valence-electron chi connectivity index (χ4n) is 3.32. The minimum absolute atomic E-state index is 0.145. The van der Waals surface area contributed by atoms with Crippen LogP contribution in [0.15, 0.2) is 54.6 Å². The highest BCUT2D eigenvalue weighted by molar-refractivity contribution is 5.93. The summed E-state index contributed by atoms with van der Waals surface area (Å²) in [4.78, 5) is 25.9. The van der Waals surface area contributed by atoms with Gasteiger partial charge in [-0.2, -0.15) is 0 Å². The first-order valence-electron chi connectivity index (χ1n) is 9.33. The maximum atomic E-state index is 12.6. The summed E-state index contributed by atoms with van der Waals surface area (Å²) in [5.41, 5.74) is 2.31. The van der Waals surface area contributed by atoms with E-state index in [1.54, 1.807) is 7.11 Å². The molecule has 3 rings (SSSR count). The smallest absolute Gasteiger partial charge is 0.416 e. The molecule has 0 saturated carbocycles. The Bertz CT molecular complexity index is 758. The molecule has 2 aromatic rings. The molecule has 0 bridgehead atoms. The zero-order valence-electron chi connectivity index (χ0n) is 15.6. The van der Waals surface area contributed by atoms with E-state index < -0.39 is 6.09 Å². The van der Waals surface area contributed by atoms with Crippen molar-refractivity contribution in [2.45, 2.75) is 38.1 Å². The van der Waals surface area contributed by atoms with Crippen molar-refractivity contribution in [1.29, 1.82) is 0 Å². The number of carbonyl (C=O) groups excluding carboxylic acids is 2. The minimum Gasteiger partial charge on any atom is -0.497 e. The van der Waals surface area contributed by atoms with Crippen LogP contribution in [0, 0.1) is 0 Å². The Hall–Kier alpha value is -2.82. The van der Waals surface area contributed by atoms with Crippen LogP contribution in [0.25, 0.3) is 0 Å². The maximum Gasteiger partial charge on any atom is 0.416 e. The van der Waals surface area contributed by atoms with E-state index in [0.29, 0.717) is 12.8 Å². The van der Waals surface area contributed by atoms with E-state index >= 15 is 0 Å². The van der Waals surface area contributed by atoms with Crippen molar-refractivity contribution < 1.29 is 19.1 Å². The van der Waals surface area contributed by atoms with E-state index in [9.17, 15) is 9.59 Å². The standard InChI is InChI=1S/C22H25NO4/c1-26-20-13-11-17(12-14-20)7-5-6-10-21(24)23-19(16-27-22(23)25)15-18-8-3-2-4-9-18/h2-4,8-9,11-14,19H,5-7,10,15-16H2,1H3/t19-/m1/s1. The highest BCUT2D eigenvalue weighted by Crippen LogP contribution is 2.20. The molecule has 2 amide bonds. The van der Waals surface area contributed by atoms with Gasteiger partial charge in [0.25, 0.3) is 0 Å². The van der Waals surface area contributed by atoms with Crippen LogP contribution in [0.5, 0.6) is 5.75 Å². The van der Waals surface area contributed by atoms with Crippen LogP contribution in [0.4, 0.5) is 4.79 Å². The van der Waals surface area contributed by atoms with Crippen LogP contribution in [-0.2, 0) is 22.4 Å². The lowest BCUT2D eigenvalue weighted by atomic mass is 10.0. The Morgan fingerprint density at radius 2 is 1.81 bits per heavy atom. The van der Waals surface area contributed by atoms with Gasteiger partial charge >= 0.3 is 6.09 Å².